The third kappa shape index (κ3) is 4.40. The van der Waals surface area contributed by atoms with E-state index in [1.807, 2.05) is 54.6 Å². The minimum Gasteiger partial charge on any atom is -0.497 e. The summed E-state index contributed by atoms with van der Waals surface area (Å²) >= 11 is 0. The van der Waals surface area contributed by atoms with Crippen LogP contribution in [0.3, 0.4) is 0 Å². The second kappa shape index (κ2) is 8.80. The summed E-state index contributed by atoms with van der Waals surface area (Å²) in [7, 11) is 1.63. The number of hydrogen-bond acceptors (Lipinski definition) is 5. The Morgan fingerprint density at radius 2 is 1.96 bits per heavy atom. The lowest BCUT2D eigenvalue weighted by molar-refractivity contribution is -0.126. The van der Waals surface area contributed by atoms with Crippen molar-refractivity contribution in [3.05, 3.63) is 65.7 Å². The highest BCUT2D eigenvalue weighted by atomic mass is 16.5. The fourth-order valence-electron chi connectivity index (χ4n) is 3.24. The number of ether oxygens (including phenoxy) is 1. The van der Waals surface area contributed by atoms with Gasteiger partial charge >= 0.3 is 0 Å². The van der Waals surface area contributed by atoms with Crippen molar-refractivity contribution in [1.82, 2.24) is 16.2 Å². The van der Waals surface area contributed by atoms with Gasteiger partial charge in [0.2, 0.25) is 5.91 Å². The molecule has 1 saturated heterocycles. The molecule has 0 spiro atoms. The third-order valence-electron chi connectivity index (χ3n) is 4.69. The molecule has 6 nitrogen and oxygen atoms in total. The monoisotopic (exact) mass is 355 g/mol. The van der Waals surface area contributed by atoms with Gasteiger partial charge in [0, 0.05) is 6.54 Å². The van der Waals surface area contributed by atoms with Crippen LogP contribution in [0.2, 0.25) is 0 Å². The first-order valence-electron chi connectivity index (χ1n) is 8.78. The van der Waals surface area contributed by atoms with E-state index in [-0.39, 0.29) is 30.5 Å². The lowest BCUT2D eigenvalue weighted by atomic mass is 9.93. The quantitative estimate of drug-likeness (QED) is 0.600. The number of hydrogen-bond donors (Lipinski definition) is 4. The van der Waals surface area contributed by atoms with Crippen molar-refractivity contribution in [2.24, 2.45) is 5.92 Å². The molecule has 2 unspecified atom stereocenters. The van der Waals surface area contributed by atoms with Crippen LogP contribution in [0, 0.1) is 5.92 Å². The number of nitrogens with one attached hydrogen (secondary N) is 3. The third-order valence-corrected chi connectivity index (χ3v) is 4.69. The minimum absolute atomic E-state index is 0.0710. The average molecular weight is 355 g/mol. The number of aliphatic hydroxyl groups is 1. The molecule has 1 aliphatic heterocycles. The van der Waals surface area contributed by atoms with Gasteiger partial charge in [0.25, 0.3) is 0 Å². The van der Waals surface area contributed by atoms with Crippen molar-refractivity contribution in [2.45, 2.75) is 18.5 Å². The van der Waals surface area contributed by atoms with Crippen molar-refractivity contribution in [3.8, 4) is 5.75 Å². The fraction of sp³-hybridized carbons (Fsp3) is 0.350. The average Bonchev–Trinajstić information content (AvgIpc) is 3.18. The molecule has 0 bridgehead atoms. The minimum atomic E-state index is -0.304. The number of amides is 1. The maximum atomic E-state index is 12.8. The van der Waals surface area contributed by atoms with Crippen LogP contribution in [0.15, 0.2) is 54.6 Å². The molecule has 1 aliphatic rings. The molecule has 0 radical (unpaired) electrons. The van der Waals surface area contributed by atoms with E-state index in [1.54, 1.807) is 7.11 Å². The Balaban J connectivity index is 1.65. The molecule has 6 heteroatoms. The van der Waals surface area contributed by atoms with Crippen LogP contribution in [0.4, 0.5) is 0 Å². The molecule has 26 heavy (non-hydrogen) atoms. The van der Waals surface area contributed by atoms with Crippen LogP contribution in [-0.2, 0) is 11.2 Å². The molecule has 2 aromatic rings. The molecule has 1 fully saturated rings. The van der Waals surface area contributed by atoms with Crippen molar-refractivity contribution in [1.29, 1.82) is 0 Å². The lowest BCUT2D eigenvalue weighted by Crippen LogP contribution is -2.44. The summed E-state index contributed by atoms with van der Waals surface area (Å²) in [5, 5.41) is 12.6. The topological polar surface area (TPSA) is 82.6 Å². The van der Waals surface area contributed by atoms with Crippen LogP contribution in [-0.4, -0.2) is 37.3 Å². The van der Waals surface area contributed by atoms with Crippen LogP contribution in [0.1, 0.15) is 17.2 Å². The Morgan fingerprint density at radius 1 is 1.23 bits per heavy atom. The van der Waals surface area contributed by atoms with E-state index < -0.39 is 0 Å². The summed E-state index contributed by atoms with van der Waals surface area (Å²) in [5.74, 6) is 0.454. The highest BCUT2D eigenvalue weighted by molar-refractivity contribution is 5.80. The summed E-state index contributed by atoms with van der Waals surface area (Å²) in [6, 6.07) is 17.1. The van der Waals surface area contributed by atoms with Gasteiger partial charge in [-0.3, -0.25) is 10.2 Å². The molecule has 3 rings (SSSR count). The number of benzene rings is 2. The number of aliphatic hydroxyl groups excluding tert-OH is 1. The van der Waals surface area contributed by atoms with Crippen LogP contribution < -0.4 is 20.9 Å². The van der Waals surface area contributed by atoms with E-state index in [4.69, 9.17) is 4.74 Å². The Kier molecular flexibility index (Phi) is 6.22. The zero-order valence-electron chi connectivity index (χ0n) is 14.8. The van der Waals surface area contributed by atoms with Crippen molar-refractivity contribution in [2.75, 3.05) is 20.3 Å². The van der Waals surface area contributed by atoms with Gasteiger partial charge in [0.15, 0.2) is 0 Å². The molecular weight excluding hydrogens is 330 g/mol. The molecule has 4 N–H and O–H groups in total. The van der Waals surface area contributed by atoms with E-state index in [9.17, 15) is 9.90 Å². The first-order chi connectivity index (χ1) is 12.7. The maximum absolute atomic E-state index is 12.8. The zero-order valence-corrected chi connectivity index (χ0v) is 14.8. The zero-order chi connectivity index (χ0) is 18.4. The summed E-state index contributed by atoms with van der Waals surface area (Å²) in [5.41, 5.74) is 8.33. The number of methoxy groups -OCH3 is 1. The Morgan fingerprint density at radius 3 is 2.62 bits per heavy atom. The summed E-state index contributed by atoms with van der Waals surface area (Å²) in [6.07, 6.45) is 0.601. The molecule has 0 saturated carbocycles. The van der Waals surface area contributed by atoms with Gasteiger partial charge in [-0.05, 0) is 29.7 Å². The summed E-state index contributed by atoms with van der Waals surface area (Å²) in [6.45, 7) is 0.438. The summed E-state index contributed by atoms with van der Waals surface area (Å²) in [4.78, 5) is 12.8. The predicted molar refractivity (Wildman–Crippen MR) is 99.5 cm³/mol. The highest BCUT2D eigenvalue weighted by Gasteiger charge is 2.34. The molecule has 3 atom stereocenters. The van der Waals surface area contributed by atoms with Gasteiger partial charge in [-0.15, -0.1) is 0 Å². The van der Waals surface area contributed by atoms with Crippen molar-refractivity contribution >= 4 is 5.91 Å². The van der Waals surface area contributed by atoms with E-state index in [1.165, 1.54) is 0 Å². The van der Waals surface area contributed by atoms with Gasteiger partial charge < -0.3 is 15.2 Å². The fourth-order valence-corrected chi connectivity index (χ4v) is 3.24. The van der Waals surface area contributed by atoms with E-state index in [2.05, 4.69) is 16.2 Å². The first kappa shape index (κ1) is 18.4. The summed E-state index contributed by atoms with van der Waals surface area (Å²) < 4.78 is 5.19. The van der Waals surface area contributed by atoms with Gasteiger partial charge in [0.05, 0.1) is 31.7 Å². The van der Waals surface area contributed by atoms with Gasteiger partial charge in [-0.1, -0.05) is 42.5 Å². The first-order valence-corrected chi connectivity index (χ1v) is 8.78. The van der Waals surface area contributed by atoms with E-state index in [0.29, 0.717) is 13.0 Å². The van der Waals surface area contributed by atoms with E-state index >= 15 is 0 Å². The molecule has 138 valence electrons. The largest absolute Gasteiger partial charge is 0.497 e. The standard InChI is InChI=1S/C20H25N3O3/c1-26-17-9-7-15(8-10-17)19-18(12-21-23-19)20(25)22-16(13-24)11-14-5-3-2-4-6-14/h2-10,16,18-19,21,23-24H,11-13H2,1H3,(H,22,25)/t16-,18?,19?/m1/s1. The molecule has 1 heterocycles. The number of hydrazine groups is 1. The van der Waals surface area contributed by atoms with Crippen LogP contribution >= 0.6 is 0 Å². The van der Waals surface area contributed by atoms with Gasteiger partial charge in [-0.2, -0.15) is 0 Å². The number of carbonyl (C=O) groups is 1. The maximum Gasteiger partial charge on any atom is 0.226 e. The van der Waals surface area contributed by atoms with Crippen molar-refractivity contribution < 1.29 is 14.6 Å². The molecule has 2 aromatic carbocycles. The second-order valence-electron chi connectivity index (χ2n) is 6.46. The lowest BCUT2D eigenvalue weighted by Gasteiger charge is -2.22. The van der Waals surface area contributed by atoms with Gasteiger partial charge in [0.1, 0.15) is 5.75 Å². The smallest absolute Gasteiger partial charge is 0.226 e. The number of carbonyl (C=O) groups excluding carboxylic acids is 1. The number of rotatable bonds is 7. The Labute approximate surface area is 153 Å². The highest BCUT2D eigenvalue weighted by Crippen LogP contribution is 2.26. The second-order valence-corrected chi connectivity index (χ2v) is 6.46. The molecular formula is C20H25N3O3. The van der Waals surface area contributed by atoms with E-state index in [0.717, 1.165) is 16.9 Å². The Hall–Kier alpha value is -2.41. The predicted octanol–water partition coefficient (Wildman–Crippen LogP) is 1.18. The van der Waals surface area contributed by atoms with Gasteiger partial charge in [-0.25, -0.2) is 5.43 Å². The molecule has 0 aromatic heterocycles. The molecule has 0 aliphatic carbocycles. The van der Waals surface area contributed by atoms with Crippen LogP contribution in [0.5, 0.6) is 5.75 Å². The van der Waals surface area contributed by atoms with Crippen LogP contribution in [0.25, 0.3) is 0 Å². The normalized spacial score (nSPS) is 20.5. The SMILES string of the molecule is COc1ccc(C2NNCC2C(=O)N[C@@H](CO)Cc2ccccc2)cc1. The Bertz CT molecular complexity index is 706. The molecule has 1 amide bonds. The van der Waals surface area contributed by atoms with Crippen molar-refractivity contribution in [3.63, 3.8) is 0 Å².